The van der Waals surface area contributed by atoms with Crippen LogP contribution in [0.15, 0.2) is 24.3 Å². The van der Waals surface area contributed by atoms with Gasteiger partial charge in [-0.05, 0) is 6.07 Å². The molecule has 4 nitrogen and oxygen atoms in total. The highest BCUT2D eigenvalue weighted by atomic mass is 32.2. The van der Waals surface area contributed by atoms with E-state index in [1.54, 1.807) is 0 Å². The van der Waals surface area contributed by atoms with Crippen molar-refractivity contribution < 1.29 is 22.7 Å². The Hall–Kier alpha value is -1.43. The van der Waals surface area contributed by atoms with E-state index >= 15 is 0 Å². The summed E-state index contributed by atoms with van der Waals surface area (Å²) >= 11 is 0. The predicted octanol–water partition coefficient (Wildman–Crippen LogP) is 1.46. The molecule has 1 aromatic carbocycles. The highest BCUT2D eigenvalue weighted by Gasteiger charge is 2.22. The molecule has 0 aliphatic carbocycles. The molecule has 1 N–H and O–H groups in total. The number of carboxylic acid groups (broad SMARTS) is 1. The van der Waals surface area contributed by atoms with Crippen molar-refractivity contribution >= 4 is 15.8 Å². The number of halogens is 1. The second kappa shape index (κ2) is 5.27. The summed E-state index contributed by atoms with van der Waals surface area (Å²) in [6.07, 6.45) is 0. The molecule has 0 amide bonds. The molecule has 1 rings (SSSR count). The van der Waals surface area contributed by atoms with Crippen LogP contribution < -0.4 is 0 Å². The number of carbonyl (C=O) groups is 1. The third kappa shape index (κ3) is 4.14. The van der Waals surface area contributed by atoms with Gasteiger partial charge in [0.05, 0.1) is 17.4 Å². The fraction of sp³-hybridized carbons (Fsp3) is 0.364. The molecule has 1 aromatic rings. The smallest absolute Gasteiger partial charge is 0.307 e. The van der Waals surface area contributed by atoms with Crippen LogP contribution >= 0.6 is 0 Å². The molecular formula is C11H13FO4S. The zero-order valence-electron chi connectivity index (χ0n) is 9.26. The molecule has 6 heteroatoms. The summed E-state index contributed by atoms with van der Waals surface area (Å²) in [5, 5.41) is 8.63. The van der Waals surface area contributed by atoms with E-state index in [0.29, 0.717) is 0 Å². The van der Waals surface area contributed by atoms with Crippen molar-refractivity contribution in [3.63, 3.8) is 0 Å². The molecule has 0 fully saturated rings. The van der Waals surface area contributed by atoms with Crippen LogP contribution in [-0.4, -0.2) is 25.2 Å². The van der Waals surface area contributed by atoms with Gasteiger partial charge in [-0.3, -0.25) is 4.79 Å². The molecule has 1 unspecified atom stereocenters. The van der Waals surface area contributed by atoms with E-state index in [9.17, 15) is 17.6 Å². The minimum Gasteiger partial charge on any atom is -0.481 e. The van der Waals surface area contributed by atoms with Crippen LogP contribution in [0.25, 0.3) is 0 Å². The van der Waals surface area contributed by atoms with Crippen molar-refractivity contribution in [3.8, 4) is 0 Å². The van der Waals surface area contributed by atoms with Crippen molar-refractivity contribution in [2.75, 3.05) is 5.75 Å². The first-order chi connectivity index (χ1) is 7.82. The van der Waals surface area contributed by atoms with E-state index in [1.165, 1.54) is 31.2 Å². The van der Waals surface area contributed by atoms with Crippen molar-refractivity contribution in [1.82, 2.24) is 0 Å². The summed E-state index contributed by atoms with van der Waals surface area (Å²) in [4.78, 5) is 10.6. The molecule has 0 spiro atoms. The van der Waals surface area contributed by atoms with Crippen LogP contribution in [0.1, 0.15) is 12.5 Å². The highest BCUT2D eigenvalue weighted by Crippen LogP contribution is 2.13. The summed E-state index contributed by atoms with van der Waals surface area (Å²) < 4.78 is 36.5. The van der Waals surface area contributed by atoms with Crippen LogP contribution in [-0.2, 0) is 20.4 Å². The largest absolute Gasteiger partial charge is 0.481 e. The van der Waals surface area contributed by atoms with Crippen LogP contribution in [0, 0.1) is 11.7 Å². The van der Waals surface area contributed by atoms with Gasteiger partial charge in [0.1, 0.15) is 5.82 Å². The number of carboxylic acids is 1. The second-order valence-corrected chi connectivity index (χ2v) is 5.99. The predicted molar refractivity (Wildman–Crippen MR) is 60.7 cm³/mol. The normalized spacial score (nSPS) is 13.3. The van der Waals surface area contributed by atoms with Gasteiger partial charge in [-0.15, -0.1) is 0 Å². The van der Waals surface area contributed by atoms with Crippen LogP contribution in [0.4, 0.5) is 4.39 Å². The molecule has 0 aliphatic heterocycles. The van der Waals surface area contributed by atoms with Gasteiger partial charge < -0.3 is 5.11 Å². The molecule has 94 valence electrons. The molecule has 1 atom stereocenters. The van der Waals surface area contributed by atoms with E-state index in [1.807, 2.05) is 0 Å². The van der Waals surface area contributed by atoms with Gasteiger partial charge in [-0.25, -0.2) is 12.8 Å². The zero-order chi connectivity index (χ0) is 13.1. The number of rotatable bonds is 5. The van der Waals surface area contributed by atoms with Gasteiger partial charge in [0, 0.05) is 5.56 Å². The lowest BCUT2D eigenvalue weighted by atomic mass is 10.2. The van der Waals surface area contributed by atoms with E-state index < -0.39 is 39.0 Å². The monoisotopic (exact) mass is 260 g/mol. The Labute approximate surface area is 99.0 Å². The van der Waals surface area contributed by atoms with Crippen LogP contribution in [0.2, 0.25) is 0 Å². The molecule has 17 heavy (non-hydrogen) atoms. The maximum absolute atomic E-state index is 13.2. The zero-order valence-corrected chi connectivity index (χ0v) is 10.1. The number of benzene rings is 1. The maximum Gasteiger partial charge on any atom is 0.307 e. The summed E-state index contributed by atoms with van der Waals surface area (Å²) in [6, 6.07) is 5.55. The Morgan fingerprint density at radius 2 is 2.00 bits per heavy atom. The quantitative estimate of drug-likeness (QED) is 0.870. The first-order valence-electron chi connectivity index (χ1n) is 4.98. The topological polar surface area (TPSA) is 71.4 Å². The maximum atomic E-state index is 13.2. The third-order valence-corrected chi connectivity index (χ3v) is 4.02. The Bertz CT molecular complexity index is 510. The van der Waals surface area contributed by atoms with Gasteiger partial charge in [0.25, 0.3) is 0 Å². The number of hydrogen-bond acceptors (Lipinski definition) is 3. The summed E-state index contributed by atoms with van der Waals surface area (Å²) in [6.45, 7) is 1.31. The van der Waals surface area contributed by atoms with E-state index in [4.69, 9.17) is 5.11 Å². The van der Waals surface area contributed by atoms with Crippen molar-refractivity contribution in [2.45, 2.75) is 12.7 Å². The van der Waals surface area contributed by atoms with E-state index in [2.05, 4.69) is 0 Å². The molecule has 0 bridgehead atoms. The number of sulfone groups is 1. The molecule has 0 saturated heterocycles. The van der Waals surface area contributed by atoms with Gasteiger partial charge in [-0.2, -0.15) is 0 Å². The van der Waals surface area contributed by atoms with Gasteiger partial charge >= 0.3 is 5.97 Å². The minimum absolute atomic E-state index is 0.0603. The Morgan fingerprint density at radius 1 is 1.41 bits per heavy atom. The average Bonchev–Trinajstić information content (AvgIpc) is 2.20. The molecule has 0 aromatic heterocycles. The fourth-order valence-corrected chi connectivity index (χ4v) is 3.09. The van der Waals surface area contributed by atoms with E-state index in [0.717, 1.165) is 0 Å². The molecule has 0 heterocycles. The molecule has 0 aliphatic rings. The van der Waals surface area contributed by atoms with Gasteiger partial charge in [0.15, 0.2) is 9.84 Å². The second-order valence-electron chi connectivity index (χ2n) is 3.89. The molecular weight excluding hydrogens is 247 g/mol. The van der Waals surface area contributed by atoms with Gasteiger partial charge in [0.2, 0.25) is 0 Å². The lowest BCUT2D eigenvalue weighted by Gasteiger charge is -2.08. The fourth-order valence-electron chi connectivity index (χ4n) is 1.36. The molecule has 0 radical (unpaired) electrons. The number of aliphatic carboxylic acids is 1. The summed E-state index contributed by atoms with van der Waals surface area (Å²) in [5.41, 5.74) is 0.0603. The highest BCUT2D eigenvalue weighted by molar-refractivity contribution is 7.90. The first kappa shape index (κ1) is 13.6. The van der Waals surface area contributed by atoms with Crippen LogP contribution in [0.3, 0.4) is 0 Å². The molecule has 0 saturated carbocycles. The Morgan fingerprint density at radius 3 is 2.53 bits per heavy atom. The van der Waals surface area contributed by atoms with Gasteiger partial charge in [-0.1, -0.05) is 25.1 Å². The average molecular weight is 260 g/mol. The lowest BCUT2D eigenvalue weighted by Crippen LogP contribution is -2.22. The summed E-state index contributed by atoms with van der Waals surface area (Å²) in [5.74, 6) is -3.73. The SMILES string of the molecule is CC(CS(=O)(=O)Cc1ccccc1F)C(=O)O. The third-order valence-electron chi connectivity index (χ3n) is 2.26. The van der Waals surface area contributed by atoms with Crippen molar-refractivity contribution in [1.29, 1.82) is 0 Å². The first-order valence-corrected chi connectivity index (χ1v) is 6.80. The van der Waals surface area contributed by atoms with Crippen molar-refractivity contribution in [3.05, 3.63) is 35.6 Å². The Balaban J connectivity index is 2.81. The van der Waals surface area contributed by atoms with E-state index in [-0.39, 0.29) is 5.56 Å². The minimum atomic E-state index is -3.62. The van der Waals surface area contributed by atoms with Crippen LogP contribution in [0.5, 0.6) is 0 Å². The lowest BCUT2D eigenvalue weighted by molar-refractivity contribution is -0.140. The number of hydrogen-bond donors (Lipinski definition) is 1. The summed E-state index contributed by atoms with van der Waals surface area (Å²) in [7, 11) is -3.62. The standard InChI is InChI=1S/C11H13FO4S/c1-8(11(13)14)6-17(15,16)7-9-4-2-3-5-10(9)12/h2-5,8H,6-7H2,1H3,(H,13,14). The van der Waals surface area contributed by atoms with Crippen molar-refractivity contribution in [2.24, 2.45) is 5.92 Å². The Kier molecular flexibility index (Phi) is 4.22.